The van der Waals surface area contributed by atoms with Crippen LogP contribution in [0.1, 0.15) is 48.3 Å². The van der Waals surface area contributed by atoms with Crippen LogP contribution in [0.2, 0.25) is 10.0 Å². The van der Waals surface area contributed by atoms with Crippen molar-refractivity contribution >= 4 is 34.9 Å². The minimum atomic E-state index is -0.607. The molecule has 1 aromatic carbocycles. The maximum absolute atomic E-state index is 12.2. The second kappa shape index (κ2) is 7.74. The molecular formula is C21H25Cl2N5O. The minimum absolute atomic E-state index is 0.160. The van der Waals surface area contributed by atoms with Gasteiger partial charge >= 0.3 is 0 Å². The van der Waals surface area contributed by atoms with Crippen LogP contribution in [-0.2, 0) is 0 Å². The molecule has 2 aromatic rings. The van der Waals surface area contributed by atoms with Gasteiger partial charge in [-0.15, -0.1) is 0 Å². The molecule has 1 saturated carbocycles. The summed E-state index contributed by atoms with van der Waals surface area (Å²) in [5.41, 5.74) is 14.3. The second-order valence-corrected chi connectivity index (χ2v) is 8.93. The molecule has 2 heterocycles. The van der Waals surface area contributed by atoms with E-state index in [4.69, 9.17) is 39.7 Å². The fourth-order valence-corrected chi connectivity index (χ4v) is 5.18. The molecule has 2 aliphatic rings. The first kappa shape index (κ1) is 20.4. The Labute approximate surface area is 180 Å². The van der Waals surface area contributed by atoms with Crippen molar-refractivity contribution in [1.82, 2.24) is 9.97 Å². The number of halogens is 2. The van der Waals surface area contributed by atoms with Crippen LogP contribution in [0.5, 0.6) is 0 Å². The number of rotatable bonds is 3. The molecule has 1 atom stereocenters. The molecule has 1 aliphatic heterocycles. The fourth-order valence-electron chi connectivity index (χ4n) is 4.79. The summed E-state index contributed by atoms with van der Waals surface area (Å²) < 4.78 is 0. The van der Waals surface area contributed by atoms with Crippen LogP contribution in [0.3, 0.4) is 0 Å². The Morgan fingerprint density at radius 1 is 1.21 bits per heavy atom. The van der Waals surface area contributed by atoms with Crippen molar-refractivity contribution in [2.75, 3.05) is 18.0 Å². The quantitative estimate of drug-likeness (QED) is 0.762. The Hall–Kier alpha value is -1.89. The monoisotopic (exact) mass is 433 g/mol. The van der Waals surface area contributed by atoms with E-state index in [-0.39, 0.29) is 17.2 Å². The lowest BCUT2D eigenvalue weighted by atomic mass is 9.74. The summed E-state index contributed by atoms with van der Waals surface area (Å²) in [4.78, 5) is 23.6. The first-order chi connectivity index (χ1) is 13.8. The average Bonchev–Trinajstić information content (AvgIpc) is 3.04. The molecule has 4 rings (SSSR count). The number of nitrogens with zero attached hydrogens (tertiary/aromatic N) is 3. The molecule has 1 aliphatic carbocycles. The summed E-state index contributed by atoms with van der Waals surface area (Å²) in [5.74, 6) is -0.0666. The highest BCUT2D eigenvalue weighted by Crippen LogP contribution is 2.46. The predicted octanol–water partition coefficient (Wildman–Crippen LogP) is 3.96. The third kappa shape index (κ3) is 3.58. The summed E-state index contributed by atoms with van der Waals surface area (Å²) in [5, 5.41) is 0.800. The van der Waals surface area contributed by atoms with Crippen LogP contribution in [0.4, 0.5) is 5.82 Å². The molecule has 29 heavy (non-hydrogen) atoms. The number of benzene rings is 1. The van der Waals surface area contributed by atoms with E-state index in [1.807, 2.05) is 13.0 Å². The van der Waals surface area contributed by atoms with Gasteiger partial charge in [0.25, 0.3) is 5.91 Å². The summed E-state index contributed by atoms with van der Waals surface area (Å²) in [6, 6.07) is 5.57. The van der Waals surface area contributed by atoms with Crippen LogP contribution < -0.4 is 16.4 Å². The molecular weight excluding hydrogens is 409 g/mol. The van der Waals surface area contributed by atoms with Crippen molar-refractivity contribution in [2.45, 2.75) is 45.1 Å². The van der Waals surface area contributed by atoms with Crippen molar-refractivity contribution in [3.8, 4) is 11.3 Å². The van der Waals surface area contributed by atoms with Crippen molar-refractivity contribution in [3.05, 3.63) is 39.6 Å². The van der Waals surface area contributed by atoms with Crippen molar-refractivity contribution in [3.63, 3.8) is 0 Å². The van der Waals surface area contributed by atoms with Crippen LogP contribution >= 0.6 is 23.2 Å². The van der Waals surface area contributed by atoms with Gasteiger partial charge in [0.05, 0.1) is 21.4 Å². The molecule has 1 aromatic heterocycles. The highest BCUT2D eigenvalue weighted by molar-refractivity contribution is 6.43. The third-order valence-electron chi connectivity index (χ3n) is 6.53. The van der Waals surface area contributed by atoms with Gasteiger partial charge < -0.3 is 16.4 Å². The molecule has 8 heteroatoms. The number of carbonyl (C=O) groups excluding carboxylic acids is 1. The zero-order valence-corrected chi connectivity index (χ0v) is 17.9. The summed E-state index contributed by atoms with van der Waals surface area (Å²) in [7, 11) is 0. The van der Waals surface area contributed by atoms with E-state index >= 15 is 0 Å². The van der Waals surface area contributed by atoms with Crippen molar-refractivity contribution in [1.29, 1.82) is 0 Å². The molecule has 1 saturated heterocycles. The second-order valence-electron chi connectivity index (χ2n) is 8.14. The zero-order valence-electron chi connectivity index (χ0n) is 16.4. The Morgan fingerprint density at radius 2 is 1.93 bits per heavy atom. The van der Waals surface area contributed by atoms with Crippen LogP contribution in [-0.4, -0.2) is 35.0 Å². The lowest BCUT2D eigenvalue weighted by molar-refractivity contribution is 0.0995. The Bertz CT molecular complexity index is 956. The molecule has 4 N–H and O–H groups in total. The first-order valence-corrected chi connectivity index (χ1v) is 10.7. The van der Waals surface area contributed by atoms with E-state index in [0.29, 0.717) is 32.8 Å². The summed E-state index contributed by atoms with van der Waals surface area (Å²) >= 11 is 12.5. The highest BCUT2D eigenvalue weighted by atomic mass is 35.5. The van der Waals surface area contributed by atoms with Gasteiger partial charge in [0.2, 0.25) is 0 Å². The maximum atomic E-state index is 12.2. The Kier molecular flexibility index (Phi) is 5.44. The number of amides is 1. The van der Waals surface area contributed by atoms with Crippen molar-refractivity contribution in [2.24, 2.45) is 16.9 Å². The maximum Gasteiger partial charge on any atom is 0.271 e. The minimum Gasteiger partial charge on any atom is -0.364 e. The van der Waals surface area contributed by atoms with Gasteiger partial charge in [0.1, 0.15) is 0 Å². The smallest absolute Gasteiger partial charge is 0.271 e. The fraction of sp³-hybridized carbons (Fsp3) is 0.476. The molecule has 1 spiro atoms. The summed E-state index contributed by atoms with van der Waals surface area (Å²) in [6.45, 7) is 3.44. The van der Waals surface area contributed by atoms with E-state index in [0.717, 1.165) is 32.4 Å². The number of nitrogens with two attached hydrogens (primary N) is 2. The molecule has 6 nitrogen and oxygen atoms in total. The lowest BCUT2D eigenvalue weighted by Crippen LogP contribution is -2.47. The first-order valence-electron chi connectivity index (χ1n) is 9.96. The summed E-state index contributed by atoms with van der Waals surface area (Å²) in [6.07, 6.45) is 5.47. The number of carbonyl (C=O) groups is 1. The Morgan fingerprint density at radius 3 is 2.55 bits per heavy atom. The number of piperidine rings is 1. The molecule has 0 bridgehead atoms. The molecule has 0 unspecified atom stereocenters. The normalized spacial score (nSPS) is 21.0. The highest BCUT2D eigenvalue weighted by Gasteiger charge is 2.43. The van der Waals surface area contributed by atoms with E-state index in [9.17, 15) is 4.79 Å². The van der Waals surface area contributed by atoms with Gasteiger partial charge in [0, 0.05) is 24.7 Å². The third-order valence-corrected chi connectivity index (χ3v) is 7.35. The van der Waals surface area contributed by atoms with E-state index in [1.54, 1.807) is 12.1 Å². The van der Waals surface area contributed by atoms with Gasteiger partial charge in [-0.2, -0.15) is 0 Å². The van der Waals surface area contributed by atoms with Gasteiger partial charge in [-0.1, -0.05) is 41.8 Å². The number of hydrogen-bond acceptors (Lipinski definition) is 5. The van der Waals surface area contributed by atoms with Gasteiger partial charge in [-0.3, -0.25) is 4.79 Å². The van der Waals surface area contributed by atoms with E-state index in [1.165, 1.54) is 12.8 Å². The zero-order chi connectivity index (χ0) is 20.8. The predicted molar refractivity (Wildman–Crippen MR) is 116 cm³/mol. The standard InChI is InChI=1S/C21H25Cl2N5O/c1-12-17(13-4-2-5-14(22)16(13)23)27-18(19(25)29)20(26-12)28-10-8-21(9-11-28)7-3-6-15(21)24/h2,4-5,15H,3,6-11,24H2,1H3,(H2,25,29)/t15-/m1/s1. The number of aromatic nitrogens is 2. The SMILES string of the molecule is Cc1nc(N2CCC3(CCC[C@H]3N)CC2)c(C(N)=O)nc1-c1cccc(Cl)c1Cl. The lowest BCUT2D eigenvalue weighted by Gasteiger charge is -2.42. The molecule has 0 radical (unpaired) electrons. The van der Waals surface area contributed by atoms with Crippen LogP contribution in [0.25, 0.3) is 11.3 Å². The topological polar surface area (TPSA) is 98.1 Å². The molecule has 2 fully saturated rings. The largest absolute Gasteiger partial charge is 0.364 e. The number of anilines is 1. The number of hydrogen-bond donors (Lipinski definition) is 2. The Balaban J connectivity index is 1.69. The van der Waals surface area contributed by atoms with Gasteiger partial charge in [-0.25, -0.2) is 9.97 Å². The number of primary amides is 1. The van der Waals surface area contributed by atoms with Crippen LogP contribution in [0, 0.1) is 12.3 Å². The van der Waals surface area contributed by atoms with E-state index < -0.39 is 5.91 Å². The van der Waals surface area contributed by atoms with Crippen LogP contribution in [0.15, 0.2) is 18.2 Å². The van der Waals surface area contributed by atoms with Gasteiger partial charge in [-0.05, 0) is 44.1 Å². The number of aryl methyl sites for hydroxylation is 1. The van der Waals surface area contributed by atoms with E-state index in [2.05, 4.69) is 9.88 Å². The molecule has 154 valence electrons. The van der Waals surface area contributed by atoms with Crippen molar-refractivity contribution < 1.29 is 4.79 Å². The van der Waals surface area contributed by atoms with Gasteiger partial charge in [0.15, 0.2) is 11.5 Å². The molecule has 1 amide bonds. The average molecular weight is 434 g/mol.